The predicted octanol–water partition coefficient (Wildman–Crippen LogP) is 4.65. The lowest BCUT2D eigenvalue weighted by molar-refractivity contribution is -0.145. The molecule has 0 bridgehead atoms. The molecule has 4 N–H and O–H groups in total. The number of benzene rings is 5. The molecule has 51 heavy (non-hydrogen) atoms. The number of amides is 3. The maximum absolute atomic E-state index is 14.3. The SMILES string of the molecule is COC(=O)[C@H](Cc1ccccc1)NC(=O)[C@@H](Cc1ccc2ccccc2c1)NC(=O)[C@@H](Cc1ccc2ccccc2c1)NC(=O)C1CCNCC1. The number of methoxy groups -OCH3 is 1. The average molecular weight is 685 g/mol. The molecule has 0 unspecified atom stereocenters. The zero-order chi connectivity index (χ0) is 35.6. The molecule has 6 rings (SSSR count). The molecule has 3 amide bonds. The van der Waals surface area contributed by atoms with E-state index in [9.17, 15) is 19.2 Å². The molecule has 0 spiro atoms. The van der Waals surface area contributed by atoms with Gasteiger partial charge in [-0.3, -0.25) is 14.4 Å². The number of nitrogens with one attached hydrogen (secondary N) is 4. The van der Waals surface area contributed by atoms with Gasteiger partial charge in [0, 0.05) is 25.2 Å². The molecule has 1 fully saturated rings. The fourth-order valence-electron chi connectivity index (χ4n) is 6.73. The number of esters is 1. The molecule has 0 saturated carbocycles. The Morgan fingerprint density at radius 1 is 0.588 bits per heavy atom. The number of ether oxygens (including phenoxy) is 1. The minimum absolute atomic E-state index is 0.159. The van der Waals surface area contributed by atoms with Crippen LogP contribution in [-0.4, -0.2) is 62.0 Å². The molecule has 0 radical (unpaired) electrons. The van der Waals surface area contributed by atoms with E-state index in [1.165, 1.54) is 7.11 Å². The number of piperidine rings is 1. The molecule has 9 nitrogen and oxygen atoms in total. The topological polar surface area (TPSA) is 126 Å². The number of hydrogen-bond acceptors (Lipinski definition) is 6. The first kappa shape index (κ1) is 35.3. The maximum Gasteiger partial charge on any atom is 0.328 e. The van der Waals surface area contributed by atoms with E-state index in [0.29, 0.717) is 12.8 Å². The van der Waals surface area contributed by atoms with Crippen molar-refractivity contribution in [3.63, 3.8) is 0 Å². The van der Waals surface area contributed by atoms with E-state index >= 15 is 0 Å². The summed E-state index contributed by atoms with van der Waals surface area (Å²) in [7, 11) is 1.28. The van der Waals surface area contributed by atoms with Crippen LogP contribution in [0.25, 0.3) is 21.5 Å². The van der Waals surface area contributed by atoms with Crippen LogP contribution in [0.1, 0.15) is 29.5 Å². The first-order chi connectivity index (χ1) is 24.9. The van der Waals surface area contributed by atoms with E-state index in [0.717, 1.165) is 51.3 Å². The van der Waals surface area contributed by atoms with Gasteiger partial charge in [0.1, 0.15) is 18.1 Å². The molecule has 1 heterocycles. The Morgan fingerprint density at radius 2 is 1.06 bits per heavy atom. The Bertz CT molecular complexity index is 1990. The van der Waals surface area contributed by atoms with Crippen molar-refractivity contribution in [2.45, 2.75) is 50.2 Å². The molecule has 3 atom stereocenters. The third-order valence-corrected chi connectivity index (χ3v) is 9.57. The molecular formula is C42H44N4O5. The van der Waals surface area contributed by atoms with Crippen molar-refractivity contribution >= 4 is 45.2 Å². The molecule has 5 aromatic carbocycles. The second kappa shape index (κ2) is 16.9. The normalized spacial score (nSPS) is 15.0. The minimum Gasteiger partial charge on any atom is -0.467 e. The van der Waals surface area contributed by atoms with Crippen molar-refractivity contribution in [1.29, 1.82) is 0 Å². The fourth-order valence-corrected chi connectivity index (χ4v) is 6.73. The highest BCUT2D eigenvalue weighted by atomic mass is 16.5. The predicted molar refractivity (Wildman–Crippen MR) is 199 cm³/mol. The van der Waals surface area contributed by atoms with E-state index in [1.807, 2.05) is 115 Å². The lowest BCUT2D eigenvalue weighted by Crippen LogP contribution is -2.57. The average Bonchev–Trinajstić information content (AvgIpc) is 3.17. The first-order valence-corrected chi connectivity index (χ1v) is 17.6. The largest absolute Gasteiger partial charge is 0.467 e. The van der Waals surface area contributed by atoms with Crippen LogP contribution >= 0.6 is 0 Å². The van der Waals surface area contributed by atoms with E-state index in [-0.39, 0.29) is 31.1 Å². The van der Waals surface area contributed by atoms with Crippen LogP contribution in [0, 0.1) is 5.92 Å². The molecule has 0 aliphatic carbocycles. The Balaban J connectivity index is 1.28. The van der Waals surface area contributed by atoms with Gasteiger partial charge in [0.25, 0.3) is 0 Å². The van der Waals surface area contributed by atoms with Crippen molar-refractivity contribution in [2.24, 2.45) is 5.92 Å². The van der Waals surface area contributed by atoms with Gasteiger partial charge >= 0.3 is 5.97 Å². The Labute approximate surface area is 298 Å². The van der Waals surface area contributed by atoms with Crippen LogP contribution in [0.3, 0.4) is 0 Å². The summed E-state index contributed by atoms with van der Waals surface area (Å²) in [5.74, 6) is -2.00. The van der Waals surface area contributed by atoms with Gasteiger partial charge < -0.3 is 26.0 Å². The maximum atomic E-state index is 14.3. The molecule has 9 heteroatoms. The number of rotatable bonds is 13. The summed E-state index contributed by atoms with van der Waals surface area (Å²) in [6.45, 7) is 1.47. The summed E-state index contributed by atoms with van der Waals surface area (Å²) in [5.41, 5.74) is 2.56. The molecular weight excluding hydrogens is 640 g/mol. The summed E-state index contributed by atoms with van der Waals surface area (Å²) < 4.78 is 5.06. The van der Waals surface area contributed by atoms with E-state index in [2.05, 4.69) is 21.3 Å². The Hall–Kier alpha value is -5.54. The van der Waals surface area contributed by atoms with Crippen LogP contribution in [0.5, 0.6) is 0 Å². The van der Waals surface area contributed by atoms with Crippen LogP contribution < -0.4 is 21.3 Å². The van der Waals surface area contributed by atoms with Crippen LogP contribution in [-0.2, 0) is 43.2 Å². The van der Waals surface area contributed by atoms with Crippen LogP contribution in [0.4, 0.5) is 0 Å². The van der Waals surface area contributed by atoms with Gasteiger partial charge in [-0.2, -0.15) is 0 Å². The second-order valence-corrected chi connectivity index (χ2v) is 13.2. The zero-order valence-electron chi connectivity index (χ0n) is 28.8. The van der Waals surface area contributed by atoms with E-state index in [1.54, 1.807) is 0 Å². The van der Waals surface area contributed by atoms with Gasteiger partial charge in [0.05, 0.1) is 7.11 Å². The lowest BCUT2D eigenvalue weighted by atomic mass is 9.95. The Kier molecular flexibility index (Phi) is 11.7. The number of fused-ring (bicyclic) bond motifs is 2. The van der Waals surface area contributed by atoms with Gasteiger partial charge in [-0.05, 0) is 64.2 Å². The van der Waals surface area contributed by atoms with Crippen LogP contribution in [0.2, 0.25) is 0 Å². The van der Waals surface area contributed by atoms with Crippen molar-refractivity contribution in [3.8, 4) is 0 Å². The van der Waals surface area contributed by atoms with Gasteiger partial charge in [-0.1, -0.05) is 115 Å². The summed E-state index contributed by atoms with van der Waals surface area (Å²) in [6.07, 6.45) is 1.97. The number of carbonyl (C=O) groups excluding carboxylic acids is 4. The van der Waals surface area contributed by atoms with Gasteiger partial charge in [0.2, 0.25) is 17.7 Å². The number of hydrogen-bond donors (Lipinski definition) is 4. The lowest BCUT2D eigenvalue weighted by Gasteiger charge is -2.27. The van der Waals surface area contributed by atoms with Crippen LogP contribution in [0.15, 0.2) is 115 Å². The van der Waals surface area contributed by atoms with Crippen molar-refractivity contribution < 1.29 is 23.9 Å². The highest BCUT2D eigenvalue weighted by Crippen LogP contribution is 2.20. The van der Waals surface area contributed by atoms with Crippen molar-refractivity contribution in [2.75, 3.05) is 20.2 Å². The van der Waals surface area contributed by atoms with Crippen molar-refractivity contribution in [1.82, 2.24) is 21.3 Å². The molecule has 262 valence electrons. The molecule has 1 aliphatic rings. The van der Waals surface area contributed by atoms with E-state index < -0.39 is 35.9 Å². The zero-order valence-corrected chi connectivity index (χ0v) is 28.8. The van der Waals surface area contributed by atoms with Gasteiger partial charge in [0.15, 0.2) is 0 Å². The summed E-state index contributed by atoms with van der Waals surface area (Å²) in [6, 6.07) is 34.2. The summed E-state index contributed by atoms with van der Waals surface area (Å²) in [5, 5.41) is 16.3. The smallest absolute Gasteiger partial charge is 0.328 e. The highest BCUT2D eigenvalue weighted by Gasteiger charge is 2.32. The summed E-state index contributed by atoms with van der Waals surface area (Å²) >= 11 is 0. The fraction of sp³-hybridized carbons (Fsp3) is 0.286. The summed E-state index contributed by atoms with van der Waals surface area (Å²) in [4.78, 5) is 54.9. The van der Waals surface area contributed by atoms with E-state index in [4.69, 9.17) is 4.74 Å². The van der Waals surface area contributed by atoms with Gasteiger partial charge in [-0.25, -0.2) is 4.79 Å². The van der Waals surface area contributed by atoms with Crippen molar-refractivity contribution in [3.05, 3.63) is 132 Å². The minimum atomic E-state index is -1.06. The molecule has 1 aliphatic heterocycles. The first-order valence-electron chi connectivity index (χ1n) is 17.6. The second-order valence-electron chi connectivity index (χ2n) is 13.2. The monoisotopic (exact) mass is 684 g/mol. The Morgan fingerprint density at radius 3 is 1.61 bits per heavy atom. The quantitative estimate of drug-likeness (QED) is 0.134. The third kappa shape index (κ3) is 9.38. The standard InChI is InChI=1S/C42H44N4O5/c1-51-42(50)38(25-28-9-3-2-4-10-28)46-41(49)37(27-30-16-18-32-12-6-8-14-35(32)24-30)45-40(48)36(44-39(47)33-19-21-43-22-20-33)26-29-15-17-31-11-5-7-13-34(31)23-29/h2-18,23-24,33,36-38,43H,19-22,25-27H2,1H3,(H,44,47)(H,45,48)(H,46,49)/t36-,37-,38+/m1/s1. The third-order valence-electron chi connectivity index (χ3n) is 9.57. The van der Waals surface area contributed by atoms with Gasteiger partial charge in [-0.15, -0.1) is 0 Å². The molecule has 1 saturated heterocycles. The molecule has 5 aromatic rings. The number of carbonyl (C=O) groups is 4. The molecule has 0 aromatic heterocycles. The highest BCUT2D eigenvalue weighted by molar-refractivity contribution is 5.94.